The zero-order valence-corrected chi connectivity index (χ0v) is 16.5. The van der Waals surface area contributed by atoms with Crippen LogP contribution in [-0.2, 0) is 10.0 Å². The molecule has 27 heavy (non-hydrogen) atoms. The molecule has 9 heteroatoms. The number of likely N-dealkylation sites (tertiary alicyclic amines) is 1. The van der Waals surface area contributed by atoms with Crippen LogP contribution >= 0.6 is 0 Å². The lowest BCUT2D eigenvalue weighted by molar-refractivity contribution is 0.0943. The third kappa shape index (κ3) is 4.91. The molecule has 3 N–H and O–H groups in total. The molecule has 1 aromatic carbocycles. The van der Waals surface area contributed by atoms with E-state index in [1.165, 1.54) is 39.2 Å². The van der Waals surface area contributed by atoms with Gasteiger partial charge in [0.1, 0.15) is 0 Å². The number of ether oxygens (including phenoxy) is 2. The molecule has 2 fully saturated rings. The fourth-order valence-corrected chi connectivity index (χ4v) is 4.07. The minimum absolute atomic E-state index is 0.0914. The highest BCUT2D eigenvalue weighted by atomic mass is 32.2. The molecule has 0 spiro atoms. The lowest BCUT2D eigenvalue weighted by Crippen LogP contribution is -2.32. The van der Waals surface area contributed by atoms with Crippen molar-refractivity contribution >= 4 is 15.9 Å². The summed E-state index contributed by atoms with van der Waals surface area (Å²) < 4.78 is 33.9. The highest BCUT2D eigenvalue weighted by Gasteiger charge is 2.29. The van der Waals surface area contributed by atoms with Crippen molar-refractivity contribution in [2.75, 3.05) is 40.4 Å². The summed E-state index contributed by atoms with van der Waals surface area (Å²) in [5.41, 5.74) is 0.0914. The normalized spacial score (nSPS) is 20.5. The van der Waals surface area contributed by atoms with Gasteiger partial charge in [0, 0.05) is 25.7 Å². The maximum absolute atomic E-state index is 12.7. The van der Waals surface area contributed by atoms with Crippen molar-refractivity contribution in [3.05, 3.63) is 17.7 Å². The average molecular weight is 397 g/mol. The number of sulfonamides is 1. The van der Waals surface area contributed by atoms with Crippen LogP contribution in [0.15, 0.2) is 17.0 Å². The van der Waals surface area contributed by atoms with Gasteiger partial charge in [-0.2, -0.15) is 0 Å². The smallest absolute Gasteiger partial charge is 0.255 e. The van der Waals surface area contributed by atoms with E-state index < -0.39 is 15.9 Å². The van der Waals surface area contributed by atoms with Crippen LogP contribution in [0.3, 0.4) is 0 Å². The van der Waals surface area contributed by atoms with E-state index in [9.17, 15) is 13.2 Å². The highest BCUT2D eigenvalue weighted by Crippen LogP contribution is 2.34. The molecule has 0 bridgehead atoms. The number of amides is 1. The van der Waals surface area contributed by atoms with Crippen molar-refractivity contribution in [1.82, 2.24) is 10.2 Å². The van der Waals surface area contributed by atoms with E-state index >= 15 is 0 Å². The van der Waals surface area contributed by atoms with Gasteiger partial charge >= 0.3 is 0 Å². The average Bonchev–Trinajstić information content (AvgIpc) is 3.33. The summed E-state index contributed by atoms with van der Waals surface area (Å²) in [5, 5.41) is 8.11. The minimum atomic E-state index is -3.98. The first-order valence-corrected chi connectivity index (χ1v) is 10.7. The van der Waals surface area contributed by atoms with Crippen molar-refractivity contribution in [2.45, 2.75) is 24.2 Å². The Kier molecular flexibility index (Phi) is 5.92. The summed E-state index contributed by atoms with van der Waals surface area (Å²) in [6.07, 6.45) is 3.71. The van der Waals surface area contributed by atoms with E-state index in [1.54, 1.807) is 0 Å². The summed E-state index contributed by atoms with van der Waals surface area (Å²) in [7, 11) is -1.21. The second-order valence-corrected chi connectivity index (χ2v) is 8.88. The zero-order valence-electron chi connectivity index (χ0n) is 15.7. The number of carbonyl (C=O) groups excluding carboxylic acids is 1. The Morgan fingerprint density at radius 1 is 1.22 bits per heavy atom. The molecule has 1 atom stereocenters. The Hall–Kier alpha value is -1.84. The van der Waals surface area contributed by atoms with Gasteiger partial charge in [0.25, 0.3) is 5.91 Å². The molecular formula is C18H27N3O5S. The zero-order chi connectivity index (χ0) is 19.6. The Morgan fingerprint density at radius 3 is 2.56 bits per heavy atom. The van der Waals surface area contributed by atoms with Gasteiger partial charge in [0.2, 0.25) is 10.0 Å². The number of nitrogens with one attached hydrogen (secondary N) is 1. The van der Waals surface area contributed by atoms with E-state index in [2.05, 4.69) is 10.2 Å². The molecule has 1 aromatic rings. The predicted molar refractivity (Wildman–Crippen MR) is 101 cm³/mol. The Balaban J connectivity index is 1.69. The lowest BCUT2D eigenvalue weighted by Gasteiger charge is -2.17. The maximum atomic E-state index is 12.7. The molecule has 150 valence electrons. The van der Waals surface area contributed by atoms with Gasteiger partial charge < -0.3 is 19.7 Å². The molecule has 1 aliphatic carbocycles. The van der Waals surface area contributed by atoms with Crippen LogP contribution in [0, 0.1) is 11.8 Å². The monoisotopic (exact) mass is 397 g/mol. The molecule has 3 rings (SSSR count). The number of nitrogens with zero attached hydrogens (tertiary/aromatic N) is 1. The summed E-state index contributed by atoms with van der Waals surface area (Å²) in [4.78, 5) is 15.0. The summed E-state index contributed by atoms with van der Waals surface area (Å²) >= 11 is 0. The van der Waals surface area contributed by atoms with Crippen molar-refractivity contribution in [2.24, 2.45) is 17.0 Å². The van der Waals surface area contributed by atoms with Crippen molar-refractivity contribution < 1.29 is 22.7 Å². The Bertz CT molecular complexity index is 807. The van der Waals surface area contributed by atoms with Gasteiger partial charge in [-0.05, 0) is 43.7 Å². The first-order valence-electron chi connectivity index (χ1n) is 9.11. The molecule has 0 radical (unpaired) electrons. The number of methoxy groups -OCH3 is 2. The van der Waals surface area contributed by atoms with E-state index in [-0.39, 0.29) is 22.0 Å². The van der Waals surface area contributed by atoms with Gasteiger partial charge in [0.05, 0.1) is 24.7 Å². The topological polar surface area (TPSA) is 111 Å². The fourth-order valence-electron chi connectivity index (χ4n) is 3.52. The SMILES string of the molecule is COc1cc(S(N)(=O)=O)cc(C(=O)NCC2CCN(CC3CC3)C2)c1OC. The van der Waals surface area contributed by atoms with Crippen LogP contribution in [0.25, 0.3) is 0 Å². The number of hydrogen-bond acceptors (Lipinski definition) is 6. The lowest BCUT2D eigenvalue weighted by atomic mass is 10.1. The van der Waals surface area contributed by atoms with Gasteiger partial charge in [-0.15, -0.1) is 0 Å². The predicted octanol–water partition coefficient (Wildman–Crippen LogP) is 0.813. The van der Waals surface area contributed by atoms with Crippen LogP contribution in [0.2, 0.25) is 0 Å². The molecule has 1 aliphatic heterocycles. The van der Waals surface area contributed by atoms with Crippen LogP contribution in [0.1, 0.15) is 29.6 Å². The third-order valence-electron chi connectivity index (χ3n) is 5.16. The quantitative estimate of drug-likeness (QED) is 0.672. The van der Waals surface area contributed by atoms with Gasteiger partial charge in [-0.25, -0.2) is 13.6 Å². The molecule has 1 heterocycles. The summed E-state index contributed by atoms with van der Waals surface area (Å²) in [6, 6.07) is 2.47. The third-order valence-corrected chi connectivity index (χ3v) is 6.05. The van der Waals surface area contributed by atoms with Gasteiger partial charge in [0.15, 0.2) is 11.5 Å². The second kappa shape index (κ2) is 8.04. The van der Waals surface area contributed by atoms with Gasteiger partial charge in [-0.3, -0.25) is 4.79 Å². The molecule has 0 aromatic heterocycles. The molecule has 8 nitrogen and oxygen atoms in total. The van der Waals surface area contributed by atoms with Crippen molar-refractivity contribution in [1.29, 1.82) is 0 Å². The second-order valence-electron chi connectivity index (χ2n) is 7.32. The number of benzene rings is 1. The number of nitrogens with two attached hydrogens (primary N) is 1. The minimum Gasteiger partial charge on any atom is -0.493 e. The van der Waals surface area contributed by atoms with E-state index in [4.69, 9.17) is 14.6 Å². The van der Waals surface area contributed by atoms with Crippen LogP contribution in [0.5, 0.6) is 11.5 Å². The van der Waals surface area contributed by atoms with Crippen molar-refractivity contribution in [3.63, 3.8) is 0 Å². The first kappa shape index (κ1) is 19.9. The van der Waals surface area contributed by atoms with Crippen LogP contribution < -0.4 is 19.9 Å². The standard InChI is InChI=1S/C18H27N3O5S/c1-25-16-8-14(27(19,23)24)7-15(17(16)26-2)18(22)20-9-13-5-6-21(11-13)10-12-3-4-12/h7-8,12-13H,3-6,9-11H2,1-2H3,(H,20,22)(H2,19,23,24). The fraction of sp³-hybridized carbons (Fsp3) is 0.611. The number of rotatable bonds is 8. The maximum Gasteiger partial charge on any atom is 0.255 e. The first-order chi connectivity index (χ1) is 12.8. The van der Waals surface area contributed by atoms with Gasteiger partial charge in [-0.1, -0.05) is 0 Å². The number of carbonyl (C=O) groups is 1. The van der Waals surface area contributed by atoms with Crippen LogP contribution in [0.4, 0.5) is 0 Å². The highest BCUT2D eigenvalue weighted by molar-refractivity contribution is 7.89. The van der Waals surface area contributed by atoms with E-state index in [1.807, 2.05) is 0 Å². The summed E-state index contributed by atoms with van der Waals surface area (Å²) in [5.74, 6) is 1.17. The van der Waals surface area contributed by atoms with E-state index in [0.29, 0.717) is 12.5 Å². The molecule has 1 saturated heterocycles. The molecule has 1 unspecified atom stereocenters. The summed E-state index contributed by atoms with van der Waals surface area (Å²) in [6.45, 7) is 3.74. The number of hydrogen-bond donors (Lipinski definition) is 2. The number of primary sulfonamides is 1. The molecule has 2 aliphatic rings. The Labute approximate surface area is 160 Å². The van der Waals surface area contributed by atoms with Crippen molar-refractivity contribution in [3.8, 4) is 11.5 Å². The largest absolute Gasteiger partial charge is 0.493 e. The van der Waals surface area contributed by atoms with E-state index in [0.717, 1.165) is 32.0 Å². The molecule has 1 amide bonds. The van der Waals surface area contributed by atoms with Crippen LogP contribution in [-0.4, -0.2) is 59.6 Å². The molecule has 1 saturated carbocycles. The molecular weight excluding hydrogens is 370 g/mol. The Morgan fingerprint density at radius 2 is 1.96 bits per heavy atom.